The van der Waals surface area contributed by atoms with Crippen molar-refractivity contribution in [2.75, 3.05) is 26.2 Å². The number of ether oxygens (including phenoxy) is 1. The van der Waals surface area contributed by atoms with Crippen molar-refractivity contribution in [2.24, 2.45) is 0 Å². The predicted molar refractivity (Wildman–Crippen MR) is 122 cm³/mol. The first kappa shape index (κ1) is 23.3. The molecule has 0 radical (unpaired) electrons. The van der Waals surface area contributed by atoms with Gasteiger partial charge in [0.05, 0.1) is 6.54 Å². The summed E-state index contributed by atoms with van der Waals surface area (Å²) in [5.74, 6) is 0.135. The number of hydrogen-bond donors (Lipinski definition) is 2. The molecule has 7 heteroatoms. The summed E-state index contributed by atoms with van der Waals surface area (Å²) in [7, 11) is 0. The van der Waals surface area contributed by atoms with E-state index in [1.165, 1.54) is 5.56 Å². The van der Waals surface area contributed by atoms with Crippen LogP contribution in [0.4, 0.5) is 0 Å². The Kier molecular flexibility index (Phi) is 8.66. The van der Waals surface area contributed by atoms with E-state index in [0.717, 1.165) is 12.8 Å². The molecule has 2 N–H and O–H groups in total. The van der Waals surface area contributed by atoms with E-state index in [9.17, 15) is 14.4 Å². The van der Waals surface area contributed by atoms with E-state index in [-0.39, 0.29) is 36.9 Å². The first-order valence-electron chi connectivity index (χ1n) is 11.2. The van der Waals surface area contributed by atoms with Crippen LogP contribution in [0.3, 0.4) is 0 Å². The molecule has 0 saturated carbocycles. The van der Waals surface area contributed by atoms with Crippen LogP contribution in [-0.4, -0.2) is 54.9 Å². The van der Waals surface area contributed by atoms with Crippen molar-refractivity contribution in [3.63, 3.8) is 0 Å². The van der Waals surface area contributed by atoms with Crippen molar-refractivity contribution >= 4 is 17.7 Å². The first-order chi connectivity index (χ1) is 15.5. The number of amides is 3. The second-order valence-corrected chi connectivity index (χ2v) is 7.95. The molecule has 1 heterocycles. The molecule has 32 heavy (non-hydrogen) atoms. The highest BCUT2D eigenvalue weighted by molar-refractivity contribution is 5.96. The molecule has 7 nitrogen and oxygen atoms in total. The highest BCUT2D eigenvalue weighted by Crippen LogP contribution is 2.14. The van der Waals surface area contributed by atoms with Gasteiger partial charge in [0.2, 0.25) is 5.91 Å². The third-order valence-corrected chi connectivity index (χ3v) is 5.48. The molecule has 1 saturated heterocycles. The zero-order valence-electron chi connectivity index (χ0n) is 18.5. The predicted octanol–water partition coefficient (Wildman–Crippen LogP) is 2.56. The number of nitrogens with zero attached hydrogens (tertiary/aromatic N) is 1. The quantitative estimate of drug-likeness (QED) is 0.631. The van der Waals surface area contributed by atoms with Gasteiger partial charge >= 0.3 is 0 Å². The molecule has 1 aliphatic heterocycles. The van der Waals surface area contributed by atoms with E-state index >= 15 is 0 Å². The van der Waals surface area contributed by atoms with Gasteiger partial charge in [-0.25, -0.2) is 0 Å². The average molecular weight is 438 g/mol. The molecule has 0 aliphatic carbocycles. The Hall–Kier alpha value is -3.35. The minimum atomic E-state index is -0.263. The van der Waals surface area contributed by atoms with Gasteiger partial charge in [-0.05, 0) is 49.1 Å². The van der Waals surface area contributed by atoms with Gasteiger partial charge in [-0.2, -0.15) is 0 Å². The Morgan fingerprint density at radius 1 is 1.00 bits per heavy atom. The molecular weight excluding hydrogens is 406 g/mol. The Morgan fingerprint density at radius 3 is 2.34 bits per heavy atom. The van der Waals surface area contributed by atoms with E-state index < -0.39 is 0 Å². The largest absolute Gasteiger partial charge is 0.484 e. The van der Waals surface area contributed by atoms with E-state index in [0.29, 0.717) is 37.2 Å². The SMILES string of the molecule is CCCc1ccc(OCC(=O)NC2CCN(C(=O)CNC(=O)c3ccccc3)CC2)cc1. The lowest BCUT2D eigenvalue weighted by Crippen LogP contribution is -2.49. The molecule has 3 amide bonds. The second-order valence-electron chi connectivity index (χ2n) is 7.95. The fourth-order valence-corrected chi connectivity index (χ4v) is 3.69. The van der Waals surface area contributed by atoms with Gasteiger partial charge in [0.25, 0.3) is 11.8 Å². The summed E-state index contributed by atoms with van der Waals surface area (Å²) in [6.45, 7) is 3.17. The van der Waals surface area contributed by atoms with Crippen LogP contribution in [0.2, 0.25) is 0 Å². The number of aryl methyl sites for hydroxylation is 1. The van der Waals surface area contributed by atoms with Crippen molar-refractivity contribution < 1.29 is 19.1 Å². The number of carbonyl (C=O) groups is 3. The molecule has 0 bridgehead atoms. The highest BCUT2D eigenvalue weighted by Gasteiger charge is 2.24. The average Bonchev–Trinajstić information content (AvgIpc) is 2.83. The van der Waals surface area contributed by atoms with Gasteiger partial charge in [-0.3, -0.25) is 14.4 Å². The summed E-state index contributed by atoms with van der Waals surface area (Å²) < 4.78 is 5.58. The molecule has 170 valence electrons. The van der Waals surface area contributed by atoms with Crippen molar-refractivity contribution in [1.29, 1.82) is 0 Å². The maximum atomic E-state index is 12.4. The highest BCUT2D eigenvalue weighted by atomic mass is 16.5. The monoisotopic (exact) mass is 437 g/mol. The van der Waals surface area contributed by atoms with Crippen LogP contribution in [0.1, 0.15) is 42.1 Å². The lowest BCUT2D eigenvalue weighted by molar-refractivity contribution is -0.131. The van der Waals surface area contributed by atoms with Gasteiger partial charge in [-0.1, -0.05) is 43.7 Å². The third-order valence-electron chi connectivity index (χ3n) is 5.48. The van der Waals surface area contributed by atoms with Crippen LogP contribution in [0, 0.1) is 0 Å². The molecule has 1 aliphatic rings. The Bertz CT molecular complexity index is 891. The molecule has 1 fully saturated rings. The topological polar surface area (TPSA) is 87.7 Å². The van der Waals surface area contributed by atoms with Gasteiger partial charge in [0.1, 0.15) is 5.75 Å². The molecule has 0 atom stereocenters. The summed E-state index contributed by atoms with van der Waals surface area (Å²) in [6, 6.07) is 16.6. The van der Waals surface area contributed by atoms with Gasteiger partial charge < -0.3 is 20.3 Å². The van der Waals surface area contributed by atoms with Crippen molar-refractivity contribution in [1.82, 2.24) is 15.5 Å². The van der Waals surface area contributed by atoms with E-state index in [1.807, 2.05) is 30.3 Å². The van der Waals surface area contributed by atoms with Crippen LogP contribution in [0.25, 0.3) is 0 Å². The van der Waals surface area contributed by atoms with Gasteiger partial charge in [0, 0.05) is 24.7 Å². The molecule has 0 unspecified atom stereocenters. The summed E-state index contributed by atoms with van der Waals surface area (Å²) in [5, 5.41) is 5.65. The van der Waals surface area contributed by atoms with E-state index in [2.05, 4.69) is 17.6 Å². The molecular formula is C25H31N3O4. The van der Waals surface area contributed by atoms with Gasteiger partial charge in [0.15, 0.2) is 6.61 Å². The maximum absolute atomic E-state index is 12.4. The number of likely N-dealkylation sites (tertiary alicyclic amines) is 1. The van der Waals surface area contributed by atoms with Crippen molar-refractivity contribution in [2.45, 2.75) is 38.6 Å². The number of hydrogen-bond acceptors (Lipinski definition) is 4. The lowest BCUT2D eigenvalue weighted by Gasteiger charge is -2.32. The lowest BCUT2D eigenvalue weighted by atomic mass is 10.0. The van der Waals surface area contributed by atoms with E-state index in [1.54, 1.807) is 29.2 Å². The Morgan fingerprint density at radius 2 is 1.69 bits per heavy atom. The summed E-state index contributed by atoms with van der Waals surface area (Å²) in [5.41, 5.74) is 1.78. The zero-order valence-corrected chi connectivity index (χ0v) is 18.5. The summed E-state index contributed by atoms with van der Waals surface area (Å²) >= 11 is 0. The minimum absolute atomic E-state index is 0.0148. The summed E-state index contributed by atoms with van der Waals surface area (Å²) in [6.07, 6.45) is 3.47. The number of benzene rings is 2. The molecule has 2 aromatic carbocycles. The standard InChI is InChI=1S/C25H31N3O4/c1-2-6-19-9-11-22(12-10-19)32-18-23(29)27-21-13-15-28(16-14-21)24(30)17-26-25(31)20-7-4-3-5-8-20/h3-5,7-12,21H,2,6,13-18H2,1H3,(H,26,31)(H,27,29). The van der Waals surface area contributed by atoms with Gasteiger partial charge in [-0.15, -0.1) is 0 Å². The third kappa shape index (κ3) is 7.11. The van der Waals surface area contributed by atoms with Crippen LogP contribution in [0.5, 0.6) is 5.75 Å². The zero-order chi connectivity index (χ0) is 22.8. The first-order valence-corrected chi connectivity index (χ1v) is 11.2. The van der Waals surface area contributed by atoms with E-state index in [4.69, 9.17) is 4.74 Å². The summed E-state index contributed by atoms with van der Waals surface area (Å²) in [4.78, 5) is 38.4. The molecule has 2 aromatic rings. The number of carbonyl (C=O) groups excluding carboxylic acids is 3. The molecule has 0 aromatic heterocycles. The van der Waals surface area contributed by atoms with Crippen LogP contribution in [-0.2, 0) is 16.0 Å². The number of nitrogens with one attached hydrogen (secondary N) is 2. The Balaban J connectivity index is 1.33. The molecule has 0 spiro atoms. The minimum Gasteiger partial charge on any atom is -0.484 e. The van der Waals surface area contributed by atoms with Crippen molar-refractivity contribution in [3.05, 3.63) is 65.7 Å². The maximum Gasteiger partial charge on any atom is 0.258 e. The smallest absolute Gasteiger partial charge is 0.258 e. The second kappa shape index (κ2) is 11.9. The fourth-order valence-electron chi connectivity index (χ4n) is 3.69. The van der Waals surface area contributed by atoms with Crippen LogP contribution in [0.15, 0.2) is 54.6 Å². The Labute approximate surface area is 189 Å². The van der Waals surface area contributed by atoms with Crippen LogP contribution < -0.4 is 15.4 Å². The van der Waals surface area contributed by atoms with Crippen LogP contribution >= 0.6 is 0 Å². The fraction of sp³-hybridized carbons (Fsp3) is 0.400. The number of piperidine rings is 1. The molecule has 3 rings (SSSR count). The normalized spacial score (nSPS) is 14.0. The number of rotatable bonds is 9. The van der Waals surface area contributed by atoms with Crippen molar-refractivity contribution in [3.8, 4) is 5.75 Å².